The summed E-state index contributed by atoms with van der Waals surface area (Å²) in [5.74, 6) is 0. The molecule has 2 heterocycles. The van der Waals surface area contributed by atoms with Gasteiger partial charge in [0.05, 0.1) is 11.3 Å². The van der Waals surface area contributed by atoms with Gasteiger partial charge in [0.2, 0.25) is 0 Å². The molecule has 4 heteroatoms. The summed E-state index contributed by atoms with van der Waals surface area (Å²) in [7, 11) is 0. The van der Waals surface area contributed by atoms with Crippen LogP contribution in [-0.4, -0.2) is 22.4 Å². The molecule has 0 radical (unpaired) electrons. The standard InChI is InChI=1S/C13H18N2OS/c14-11-3-1-7-15-12(11)17-10-4-8-16-13(9-10)5-2-6-13/h1,3,7,10H,2,4-6,8-9,14H2. The van der Waals surface area contributed by atoms with Gasteiger partial charge in [-0.2, -0.15) is 0 Å². The van der Waals surface area contributed by atoms with Crippen molar-refractivity contribution < 1.29 is 4.74 Å². The van der Waals surface area contributed by atoms with Crippen molar-refractivity contribution in [3.05, 3.63) is 18.3 Å². The Labute approximate surface area is 106 Å². The van der Waals surface area contributed by atoms with Gasteiger partial charge in [0, 0.05) is 18.1 Å². The van der Waals surface area contributed by atoms with Crippen LogP contribution in [0.4, 0.5) is 5.69 Å². The van der Waals surface area contributed by atoms with E-state index in [1.54, 1.807) is 0 Å². The van der Waals surface area contributed by atoms with E-state index in [0.717, 1.165) is 30.2 Å². The van der Waals surface area contributed by atoms with Crippen LogP contribution >= 0.6 is 11.8 Å². The molecule has 0 aromatic carbocycles. The molecule has 1 aliphatic carbocycles. The Kier molecular flexibility index (Phi) is 3.01. The zero-order valence-electron chi connectivity index (χ0n) is 9.89. The number of hydrogen-bond donors (Lipinski definition) is 1. The zero-order chi connectivity index (χ0) is 11.7. The Balaban J connectivity index is 1.67. The molecule has 1 unspecified atom stereocenters. The number of nitrogens with zero attached hydrogens (tertiary/aromatic N) is 1. The van der Waals surface area contributed by atoms with Gasteiger partial charge >= 0.3 is 0 Å². The quantitative estimate of drug-likeness (QED) is 0.876. The van der Waals surface area contributed by atoms with Gasteiger partial charge in [-0.15, -0.1) is 11.8 Å². The van der Waals surface area contributed by atoms with E-state index in [0.29, 0.717) is 5.25 Å². The van der Waals surface area contributed by atoms with Crippen molar-refractivity contribution in [1.29, 1.82) is 0 Å². The van der Waals surface area contributed by atoms with Crippen LogP contribution < -0.4 is 5.73 Å². The maximum Gasteiger partial charge on any atom is 0.119 e. The summed E-state index contributed by atoms with van der Waals surface area (Å²) in [5, 5.41) is 1.59. The van der Waals surface area contributed by atoms with E-state index in [1.807, 2.05) is 30.1 Å². The highest BCUT2D eigenvalue weighted by atomic mass is 32.2. The normalized spacial score (nSPS) is 26.7. The maximum atomic E-state index is 5.94. The van der Waals surface area contributed by atoms with Gasteiger partial charge in [0.15, 0.2) is 0 Å². The molecule has 3 nitrogen and oxygen atoms in total. The van der Waals surface area contributed by atoms with Crippen LogP contribution in [0.5, 0.6) is 0 Å². The van der Waals surface area contributed by atoms with Crippen molar-refractivity contribution in [2.24, 2.45) is 0 Å². The van der Waals surface area contributed by atoms with E-state index < -0.39 is 0 Å². The van der Waals surface area contributed by atoms with E-state index in [-0.39, 0.29) is 5.60 Å². The van der Waals surface area contributed by atoms with Gasteiger partial charge in [-0.1, -0.05) is 0 Å². The van der Waals surface area contributed by atoms with E-state index in [4.69, 9.17) is 10.5 Å². The van der Waals surface area contributed by atoms with Gasteiger partial charge < -0.3 is 10.5 Å². The molecule has 2 N–H and O–H groups in total. The molecule has 1 aromatic heterocycles. The molecule has 1 saturated carbocycles. The largest absolute Gasteiger partial charge is 0.397 e. The number of aromatic nitrogens is 1. The summed E-state index contributed by atoms with van der Waals surface area (Å²) >= 11 is 1.83. The van der Waals surface area contributed by atoms with Crippen molar-refractivity contribution in [1.82, 2.24) is 4.98 Å². The highest BCUT2D eigenvalue weighted by Gasteiger charge is 2.42. The lowest BCUT2D eigenvalue weighted by Crippen LogP contribution is -2.46. The minimum absolute atomic E-state index is 0.208. The first kappa shape index (κ1) is 11.4. The van der Waals surface area contributed by atoms with Gasteiger partial charge in [-0.25, -0.2) is 4.98 Å². The smallest absolute Gasteiger partial charge is 0.119 e. The summed E-state index contributed by atoms with van der Waals surface area (Å²) in [4.78, 5) is 4.36. The van der Waals surface area contributed by atoms with Crippen LogP contribution in [-0.2, 0) is 4.74 Å². The van der Waals surface area contributed by atoms with Crippen molar-refractivity contribution >= 4 is 17.4 Å². The zero-order valence-corrected chi connectivity index (χ0v) is 10.7. The molecule has 0 bridgehead atoms. The van der Waals surface area contributed by atoms with Crippen LogP contribution in [0.1, 0.15) is 32.1 Å². The molecule has 17 heavy (non-hydrogen) atoms. The Bertz CT molecular complexity index is 406. The first-order valence-electron chi connectivity index (χ1n) is 6.29. The Hall–Kier alpha value is -0.740. The average molecular weight is 250 g/mol. The monoisotopic (exact) mass is 250 g/mol. The summed E-state index contributed by atoms with van der Waals surface area (Å²) in [6.07, 6.45) is 7.89. The maximum absolute atomic E-state index is 5.94. The molecule has 2 aliphatic rings. The molecule has 92 valence electrons. The van der Waals surface area contributed by atoms with Crippen LogP contribution in [0.15, 0.2) is 23.4 Å². The Morgan fingerprint density at radius 1 is 1.47 bits per heavy atom. The SMILES string of the molecule is Nc1cccnc1SC1CCOC2(CCC2)C1. The third-order valence-electron chi connectivity index (χ3n) is 3.79. The highest BCUT2D eigenvalue weighted by Crippen LogP contribution is 2.46. The number of pyridine rings is 1. The number of thioether (sulfide) groups is 1. The molecule has 1 saturated heterocycles. The lowest BCUT2D eigenvalue weighted by Gasteiger charge is -2.47. The first-order chi connectivity index (χ1) is 8.27. The van der Waals surface area contributed by atoms with Crippen LogP contribution in [0.3, 0.4) is 0 Å². The van der Waals surface area contributed by atoms with Crippen molar-refractivity contribution in [3.63, 3.8) is 0 Å². The number of ether oxygens (including phenoxy) is 1. The second-order valence-corrected chi connectivity index (χ2v) is 6.30. The topological polar surface area (TPSA) is 48.1 Å². The third-order valence-corrected chi connectivity index (χ3v) is 5.09. The summed E-state index contributed by atoms with van der Waals surface area (Å²) in [5.41, 5.74) is 6.94. The van der Waals surface area contributed by atoms with Gasteiger partial charge in [-0.05, 0) is 44.2 Å². The van der Waals surface area contributed by atoms with Crippen molar-refractivity contribution in [2.75, 3.05) is 12.3 Å². The Morgan fingerprint density at radius 3 is 3.06 bits per heavy atom. The van der Waals surface area contributed by atoms with E-state index >= 15 is 0 Å². The van der Waals surface area contributed by atoms with Crippen molar-refractivity contribution in [3.8, 4) is 0 Å². The molecule has 1 aromatic rings. The number of rotatable bonds is 2. The minimum Gasteiger partial charge on any atom is -0.397 e. The highest BCUT2D eigenvalue weighted by molar-refractivity contribution is 8.00. The fraction of sp³-hybridized carbons (Fsp3) is 0.615. The minimum atomic E-state index is 0.208. The average Bonchev–Trinajstić information content (AvgIpc) is 2.31. The van der Waals surface area contributed by atoms with Gasteiger partial charge in [0.25, 0.3) is 0 Å². The van der Waals surface area contributed by atoms with Crippen LogP contribution in [0.25, 0.3) is 0 Å². The third kappa shape index (κ3) is 2.29. The molecule has 0 amide bonds. The number of hydrogen-bond acceptors (Lipinski definition) is 4. The fourth-order valence-corrected chi connectivity index (χ4v) is 3.91. The van der Waals surface area contributed by atoms with E-state index in [9.17, 15) is 0 Å². The molecular formula is C13H18N2OS. The van der Waals surface area contributed by atoms with Gasteiger partial charge in [-0.3, -0.25) is 0 Å². The van der Waals surface area contributed by atoms with Crippen LogP contribution in [0.2, 0.25) is 0 Å². The number of nitrogens with two attached hydrogens (primary N) is 1. The predicted molar refractivity (Wildman–Crippen MR) is 70.1 cm³/mol. The molecule has 1 spiro atoms. The second kappa shape index (κ2) is 4.50. The molecule has 1 atom stereocenters. The lowest BCUT2D eigenvalue weighted by atomic mass is 9.75. The Morgan fingerprint density at radius 2 is 2.35 bits per heavy atom. The lowest BCUT2D eigenvalue weighted by molar-refractivity contribution is -0.125. The summed E-state index contributed by atoms with van der Waals surface area (Å²) < 4.78 is 5.93. The summed E-state index contributed by atoms with van der Waals surface area (Å²) in [6.45, 7) is 0.893. The number of nitrogen functional groups attached to an aromatic ring is 1. The molecule has 2 fully saturated rings. The van der Waals surface area contributed by atoms with Gasteiger partial charge in [0.1, 0.15) is 5.03 Å². The van der Waals surface area contributed by atoms with Crippen LogP contribution in [0, 0.1) is 0 Å². The predicted octanol–water partition coefficient (Wildman–Crippen LogP) is 2.86. The molecule has 3 rings (SSSR count). The van der Waals surface area contributed by atoms with E-state index in [2.05, 4.69) is 4.98 Å². The second-order valence-electron chi connectivity index (χ2n) is 5.02. The summed E-state index contributed by atoms with van der Waals surface area (Å²) in [6, 6.07) is 3.81. The first-order valence-corrected chi connectivity index (χ1v) is 7.17. The van der Waals surface area contributed by atoms with Crippen molar-refractivity contribution in [2.45, 2.75) is 48.0 Å². The fourth-order valence-electron chi connectivity index (χ4n) is 2.66. The number of anilines is 1. The molecular weight excluding hydrogens is 232 g/mol. The van der Waals surface area contributed by atoms with E-state index in [1.165, 1.54) is 19.3 Å². The molecule has 1 aliphatic heterocycles.